The van der Waals surface area contributed by atoms with Crippen molar-refractivity contribution in [3.05, 3.63) is 96.1 Å². The van der Waals surface area contributed by atoms with E-state index in [4.69, 9.17) is 13.6 Å². The van der Waals surface area contributed by atoms with Crippen LogP contribution in [0.25, 0.3) is 0 Å². The summed E-state index contributed by atoms with van der Waals surface area (Å²) in [5.74, 6) is 0.271. The number of hydrogen-bond acceptors (Lipinski definition) is 7. The van der Waals surface area contributed by atoms with Gasteiger partial charge in [0.05, 0.1) is 55.9 Å². The van der Waals surface area contributed by atoms with E-state index in [1.54, 1.807) is 52.1 Å². The maximum atomic E-state index is 13.4. The molecule has 188 valence electrons. The minimum absolute atomic E-state index is 0.0275. The summed E-state index contributed by atoms with van der Waals surface area (Å²) in [6.07, 6.45) is 6.13. The number of ether oxygens (including phenoxy) is 1. The third-order valence-electron chi connectivity index (χ3n) is 6.09. The Balaban J connectivity index is 1.48. The van der Waals surface area contributed by atoms with Gasteiger partial charge >= 0.3 is 0 Å². The van der Waals surface area contributed by atoms with Crippen molar-refractivity contribution in [1.82, 2.24) is 14.5 Å². The molecule has 0 aliphatic carbocycles. The number of aromatic nitrogens is 2. The second-order valence-corrected chi connectivity index (χ2v) is 10.6. The molecule has 5 rings (SSSR count). The lowest BCUT2D eigenvalue weighted by atomic mass is 10.2. The number of hydrogen-bond donors (Lipinski definition) is 0. The predicted octanol–water partition coefficient (Wildman–Crippen LogP) is 4.06. The second kappa shape index (κ2) is 10.5. The van der Waals surface area contributed by atoms with Crippen molar-refractivity contribution < 1.29 is 26.8 Å². The lowest BCUT2D eigenvalue weighted by molar-refractivity contribution is 0.0674. The van der Waals surface area contributed by atoms with Crippen LogP contribution < -0.4 is 0 Å². The zero-order valence-corrected chi connectivity index (χ0v) is 20.5. The first kappa shape index (κ1) is 24.1. The van der Waals surface area contributed by atoms with Crippen LogP contribution in [-0.2, 0) is 40.0 Å². The van der Waals surface area contributed by atoms with Crippen molar-refractivity contribution in [3.8, 4) is 0 Å². The Bertz CT molecular complexity index is 1370. The van der Waals surface area contributed by atoms with E-state index >= 15 is 0 Å². The van der Waals surface area contributed by atoms with Gasteiger partial charge in [-0.3, -0.25) is 4.79 Å². The highest BCUT2D eigenvalue weighted by molar-refractivity contribution is 7.90. The van der Waals surface area contributed by atoms with Crippen molar-refractivity contribution in [2.75, 3.05) is 6.61 Å². The van der Waals surface area contributed by atoms with Gasteiger partial charge in [0.2, 0.25) is 15.0 Å². The summed E-state index contributed by atoms with van der Waals surface area (Å²) in [6.45, 7) is 1.27. The third-order valence-corrected chi connectivity index (χ3v) is 7.68. The van der Waals surface area contributed by atoms with Gasteiger partial charge in [-0.05, 0) is 42.7 Å². The van der Waals surface area contributed by atoms with Crippen LogP contribution >= 0.6 is 0 Å². The molecule has 0 radical (unpaired) electrons. The first-order valence-corrected chi connectivity index (χ1v) is 13.4. The second-order valence-electron chi connectivity index (χ2n) is 8.74. The van der Waals surface area contributed by atoms with E-state index in [1.165, 1.54) is 12.5 Å². The van der Waals surface area contributed by atoms with Gasteiger partial charge in [0.25, 0.3) is 5.91 Å². The van der Waals surface area contributed by atoms with E-state index in [2.05, 4.69) is 4.98 Å². The first-order valence-electron chi connectivity index (χ1n) is 11.8. The minimum Gasteiger partial charge on any atom is -0.467 e. The van der Waals surface area contributed by atoms with Crippen molar-refractivity contribution >= 4 is 15.7 Å². The number of furan rings is 2. The van der Waals surface area contributed by atoms with Gasteiger partial charge in [0.1, 0.15) is 5.76 Å². The third kappa shape index (κ3) is 5.44. The Kier molecular flexibility index (Phi) is 7.06. The molecule has 1 atom stereocenters. The fourth-order valence-electron chi connectivity index (χ4n) is 4.35. The molecule has 0 N–H and O–H groups in total. The molecule has 0 saturated carbocycles. The Morgan fingerprint density at radius 2 is 1.83 bits per heavy atom. The van der Waals surface area contributed by atoms with E-state index in [9.17, 15) is 13.2 Å². The SMILES string of the molecule is O=C(c1ccco1)N(Cc1ccco1)Cc1cnc(S(=O)(=O)Cc2ccccc2)n1CC1CCCO1. The van der Waals surface area contributed by atoms with Crippen molar-refractivity contribution in [2.45, 2.75) is 49.5 Å². The monoisotopic (exact) mass is 509 g/mol. The molecule has 4 aromatic rings. The molecule has 36 heavy (non-hydrogen) atoms. The summed E-state index contributed by atoms with van der Waals surface area (Å²) in [7, 11) is -3.76. The summed E-state index contributed by atoms with van der Waals surface area (Å²) in [6, 6.07) is 15.8. The molecule has 0 bridgehead atoms. The zero-order valence-electron chi connectivity index (χ0n) is 19.7. The molecule has 3 aromatic heterocycles. The number of imidazole rings is 1. The topological polar surface area (TPSA) is 108 Å². The number of benzene rings is 1. The molecule has 1 amide bonds. The molecule has 1 aliphatic rings. The molecule has 1 aromatic carbocycles. The molecule has 9 nitrogen and oxygen atoms in total. The van der Waals surface area contributed by atoms with E-state index in [0.29, 0.717) is 30.2 Å². The molecule has 1 fully saturated rings. The quantitative estimate of drug-likeness (QED) is 0.317. The fraction of sp³-hybridized carbons (Fsp3) is 0.308. The van der Waals surface area contributed by atoms with Crippen LogP contribution in [0.2, 0.25) is 0 Å². The van der Waals surface area contributed by atoms with Crippen molar-refractivity contribution in [3.63, 3.8) is 0 Å². The lowest BCUT2D eigenvalue weighted by Gasteiger charge is -2.23. The van der Waals surface area contributed by atoms with E-state index < -0.39 is 9.84 Å². The summed E-state index contributed by atoms with van der Waals surface area (Å²) < 4.78 is 45.2. The summed E-state index contributed by atoms with van der Waals surface area (Å²) in [5.41, 5.74) is 1.27. The number of amides is 1. The maximum Gasteiger partial charge on any atom is 0.290 e. The van der Waals surface area contributed by atoms with Crippen LogP contribution in [0.5, 0.6) is 0 Å². The molecular formula is C26H27N3O6S. The average molecular weight is 510 g/mol. The van der Waals surface area contributed by atoms with Gasteiger partial charge in [-0.15, -0.1) is 0 Å². The number of carbonyl (C=O) groups is 1. The Morgan fingerprint density at radius 1 is 1.03 bits per heavy atom. The van der Waals surface area contributed by atoms with Gasteiger partial charge in [-0.2, -0.15) is 0 Å². The number of nitrogens with zero attached hydrogens (tertiary/aromatic N) is 3. The number of carbonyl (C=O) groups excluding carboxylic acids is 1. The summed E-state index contributed by atoms with van der Waals surface area (Å²) in [5, 5.41) is -0.0275. The van der Waals surface area contributed by atoms with Crippen LogP contribution in [0, 0.1) is 0 Å². The lowest BCUT2D eigenvalue weighted by Crippen LogP contribution is -2.31. The molecular weight excluding hydrogens is 482 g/mol. The van der Waals surface area contributed by atoms with Crippen LogP contribution in [0.1, 0.15) is 40.4 Å². The number of sulfone groups is 1. The highest BCUT2D eigenvalue weighted by Crippen LogP contribution is 2.24. The molecule has 1 saturated heterocycles. The molecule has 0 spiro atoms. The number of rotatable bonds is 10. The summed E-state index contributed by atoms with van der Waals surface area (Å²) >= 11 is 0. The highest BCUT2D eigenvalue weighted by atomic mass is 32.2. The fourth-order valence-corrected chi connectivity index (χ4v) is 5.85. The smallest absolute Gasteiger partial charge is 0.290 e. The highest BCUT2D eigenvalue weighted by Gasteiger charge is 2.29. The molecule has 4 heterocycles. The maximum absolute atomic E-state index is 13.4. The minimum atomic E-state index is -3.76. The van der Waals surface area contributed by atoms with E-state index in [0.717, 1.165) is 12.8 Å². The van der Waals surface area contributed by atoms with Crippen LogP contribution in [-0.4, -0.2) is 41.5 Å². The van der Waals surface area contributed by atoms with E-state index in [1.807, 2.05) is 18.2 Å². The molecule has 10 heteroatoms. The van der Waals surface area contributed by atoms with Gasteiger partial charge in [0.15, 0.2) is 5.76 Å². The van der Waals surface area contributed by atoms with Gasteiger partial charge < -0.3 is 23.0 Å². The van der Waals surface area contributed by atoms with Crippen LogP contribution in [0.15, 0.2) is 87.3 Å². The van der Waals surface area contributed by atoms with Crippen molar-refractivity contribution in [2.24, 2.45) is 0 Å². The van der Waals surface area contributed by atoms with Gasteiger partial charge in [0, 0.05) is 6.61 Å². The Morgan fingerprint density at radius 3 is 2.53 bits per heavy atom. The molecule has 1 aliphatic heterocycles. The zero-order chi connectivity index (χ0) is 25.0. The van der Waals surface area contributed by atoms with Gasteiger partial charge in [-0.25, -0.2) is 13.4 Å². The molecule has 1 unspecified atom stereocenters. The first-order chi connectivity index (χ1) is 17.5. The van der Waals surface area contributed by atoms with Crippen LogP contribution in [0.3, 0.4) is 0 Å². The van der Waals surface area contributed by atoms with Crippen molar-refractivity contribution in [1.29, 1.82) is 0 Å². The Hall–Kier alpha value is -3.63. The summed E-state index contributed by atoms with van der Waals surface area (Å²) in [4.78, 5) is 19.1. The van der Waals surface area contributed by atoms with Gasteiger partial charge in [-0.1, -0.05) is 30.3 Å². The average Bonchev–Trinajstić information content (AvgIpc) is 3.68. The van der Waals surface area contributed by atoms with E-state index in [-0.39, 0.29) is 41.8 Å². The predicted molar refractivity (Wildman–Crippen MR) is 130 cm³/mol. The standard InChI is InChI=1S/C26H27N3O6S/c30-25(24-11-6-14-35-24)28(17-22-9-4-12-33-22)16-21-15-27-26(29(21)18-23-10-5-13-34-23)36(31,32)19-20-7-2-1-3-8-20/h1-4,6-9,11-12,14-15,23H,5,10,13,16-19H2. The Labute approximate surface area is 209 Å². The normalized spacial score (nSPS) is 15.8. The largest absolute Gasteiger partial charge is 0.467 e. The van der Waals surface area contributed by atoms with Crippen LogP contribution in [0.4, 0.5) is 0 Å².